The van der Waals surface area contributed by atoms with Gasteiger partial charge in [0.15, 0.2) is 0 Å². The first kappa shape index (κ1) is 23.3. The molecular formula is C30H27NO5. The maximum Gasteiger partial charge on any atom is 0.352 e. The average molecular weight is 482 g/mol. The van der Waals surface area contributed by atoms with Crippen molar-refractivity contribution in [3.8, 4) is 28.4 Å². The first-order valence-corrected chi connectivity index (χ1v) is 11.8. The third-order valence-corrected chi connectivity index (χ3v) is 6.43. The highest BCUT2D eigenvalue weighted by atomic mass is 16.5. The summed E-state index contributed by atoms with van der Waals surface area (Å²) >= 11 is 0. The predicted octanol–water partition coefficient (Wildman–Crippen LogP) is 6.72. The van der Waals surface area contributed by atoms with Crippen LogP contribution in [0, 0.1) is 0 Å². The summed E-state index contributed by atoms with van der Waals surface area (Å²) in [5.41, 5.74) is 3.29. The fourth-order valence-electron chi connectivity index (χ4n) is 4.79. The maximum absolute atomic E-state index is 12.2. The van der Waals surface area contributed by atoms with E-state index < -0.39 is 5.97 Å². The lowest BCUT2D eigenvalue weighted by atomic mass is 9.98. The number of H-pyrrole nitrogens is 1. The molecule has 5 aromatic rings. The minimum atomic E-state index is -0.992. The summed E-state index contributed by atoms with van der Waals surface area (Å²) in [6.07, 6.45) is 1.22. The minimum Gasteiger partial charge on any atom is -0.496 e. The molecule has 0 aliphatic carbocycles. The highest BCUT2D eigenvalue weighted by Gasteiger charge is 2.22. The standard InChI is InChI=1S/C30H27NO5/c1-34-25-16-7-17-26(35-2)27(25)23-13-6-12-21-22(29(30(32)33)31-28(21)23)14-8-18-36-24-15-5-10-19-9-3-4-11-20(19)24/h3-7,9-13,15-17,31H,8,14,18H2,1-2H3,(H,32,33). The number of benzene rings is 4. The Labute approximate surface area is 209 Å². The van der Waals surface area contributed by atoms with Gasteiger partial charge in [-0.15, -0.1) is 0 Å². The largest absolute Gasteiger partial charge is 0.496 e. The Balaban J connectivity index is 1.46. The van der Waals surface area contributed by atoms with Crippen LogP contribution in [-0.2, 0) is 6.42 Å². The van der Waals surface area contributed by atoms with Crippen LogP contribution in [0.4, 0.5) is 0 Å². The highest BCUT2D eigenvalue weighted by molar-refractivity contribution is 6.04. The van der Waals surface area contributed by atoms with Crippen molar-refractivity contribution in [3.05, 3.63) is 90.1 Å². The third-order valence-electron chi connectivity index (χ3n) is 6.43. The molecule has 6 nitrogen and oxygen atoms in total. The number of carboxylic acids is 1. The van der Waals surface area contributed by atoms with Gasteiger partial charge >= 0.3 is 5.97 Å². The number of nitrogens with one attached hydrogen (secondary N) is 1. The van der Waals surface area contributed by atoms with Crippen molar-refractivity contribution in [1.29, 1.82) is 0 Å². The molecule has 0 bridgehead atoms. The van der Waals surface area contributed by atoms with Crippen molar-refractivity contribution in [3.63, 3.8) is 0 Å². The summed E-state index contributed by atoms with van der Waals surface area (Å²) in [6.45, 7) is 0.472. The summed E-state index contributed by atoms with van der Waals surface area (Å²) < 4.78 is 17.3. The number of carbonyl (C=O) groups is 1. The molecule has 6 heteroatoms. The fraction of sp³-hybridized carbons (Fsp3) is 0.167. The number of fused-ring (bicyclic) bond motifs is 2. The third kappa shape index (κ3) is 4.22. The molecule has 36 heavy (non-hydrogen) atoms. The molecule has 0 saturated heterocycles. The number of aromatic amines is 1. The number of para-hydroxylation sites is 1. The number of aryl methyl sites for hydroxylation is 1. The topological polar surface area (TPSA) is 80.8 Å². The number of carboxylic acid groups (broad SMARTS) is 1. The molecule has 0 fully saturated rings. The van der Waals surface area contributed by atoms with E-state index in [4.69, 9.17) is 14.2 Å². The minimum absolute atomic E-state index is 0.191. The van der Waals surface area contributed by atoms with Crippen LogP contribution < -0.4 is 14.2 Å². The average Bonchev–Trinajstić information content (AvgIpc) is 3.29. The molecule has 182 valence electrons. The van der Waals surface area contributed by atoms with Crippen molar-refractivity contribution < 1.29 is 24.1 Å². The number of aromatic carboxylic acids is 1. The van der Waals surface area contributed by atoms with Gasteiger partial charge in [0.05, 0.1) is 31.9 Å². The quantitative estimate of drug-likeness (QED) is 0.229. The lowest BCUT2D eigenvalue weighted by Gasteiger charge is -2.14. The van der Waals surface area contributed by atoms with Gasteiger partial charge in [-0.05, 0) is 42.0 Å². The molecule has 0 atom stereocenters. The van der Waals surface area contributed by atoms with Crippen LogP contribution in [0.3, 0.4) is 0 Å². The second kappa shape index (κ2) is 10.0. The number of rotatable bonds is 9. The van der Waals surface area contributed by atoms with E-state index in [1.165, 1.54) is 0 Å². The number of aromatic nitrogens is 1. The molecule has 1 aromatic heterocycles. The van der Waals surface area contributed by atoms with E-state index in [1.54, 1.807) is 14.2 Å². The molecule has 4 aromatic carbocycles. The zero-order valence-electron chi connectivity index (χ0n) is 20.2. The van der Waals surface area contributed by atoms with Gasteiger partial charge in [-0.2, -0.15) is 0 Å². The van der Waals surface area contributed by atoms with Gasteiger partial charge in [-0.25, -0.2) is 4.79 Å². The molecular weight excluding hydrogens is 454 g/mol. The molecule has 2 N–H and O–H groups in total. The van der Waals surface area contributed by atoms with Gasteiger partial charge in [-0.1, -0.05) is 60.7 Å². The lowest BCUT2D eigenvalue weighted by molar-refractivity contribution is 0.0690. The van der Waals surface area contributed by atoms with Crippen molar-refractivity contribution in [2.24, 2.45) is 0 Å². The van der Waals surface area contributed by atoms with E-state index in [0.29, 0.717) is 30.9 Å². The van der Waals surface area contributed by atoms with Gasteiger partial charge in [0.25, 0.3) is 0 Å². The van der Waals surface area contributed by atoms with Crippen LogP contribution in [-0.4, -0.2) is 36.9 Å². The van der Waals surface area contributed by atoms with Crippen molar-refractivity contribution in [2.45, 2.75) is 12.8 Å². The Morgan fingerprint density at radius 2 is 1.44 bits per heavy atom. The van der Waals surface area contributed by atoms with Gasteiger partial charge in [-0.3, -0.25) is 0 Å². The molecule has 0 aliphatic heterocycles. The number of hydrogen-bond donors (Lipinski definition) is 2. The molecule has 0 radical (unpaired) electrons. The van der Waals surface area contributed by atoms with Crippen molar-refractivity contribution in [1.82, 2.24) is 4.98 Å². The van der Waals surface area contributed by atoms with Crippen LogP contribution in [0.1, 0.15) is 22.5 Å². The van der Waals surface area contributed by atoms with Crippen molar-refractivity contribution in [2.75, 3.05) is 20.8 Å². The summed E-state index contributed by atoms with van der Waals surface area (Å²) in [7, 11) is 3.22. The van der Waals surface area contributed by atoms with Crippen LogP contribution in [0.2, 0.25) is 0 Å². The molecule has 0 aliphatic rings. The van der Waals surface area contributed by atoms with Crippen molar-refractivity contribution >= 4 is 27.6 Å². The Kier molecular flexibility index (Phi) is 6.50. The van der Waals surface area contributed by atoms with Gasteiger partial charge in [0.2, 0.25) is 0 Å². The summed E-state index contributed by atoms with van der Waals surface area (Å²) in [5, 5.41) is 13.0. The molecule has 0 amide bonds. The molecule has 1 heterocycles. The second-order valence-corrected chi connectivity index (χ2v) is 8.48. The van der Waals surface area contributed by atoms with E-state index in [0.717, 1.165) is 44.1 Å². The zero-order valence-corrected chi connectivity index (χ0v) is 20.2. The lowest BCUT2D eigenvalue weighted by Crippen LogP contribution is -2.04. The van der Waals surface area contributed by atoms with Crippen LogP contribution in [0.15, 0.2) is 78.9 Å². The van der Waals surface area contributed by atoms with Gasteiger partial charge in [0, 0.05) is 16.3 Å². The summed E-state index contributed by atoms with van der Waals surface area (Å²) in [5.74, 6) is 1.14. The first-order valence-electron chi connectivity index (χ1n) is 11.8. The molecule has 0 unspecified atom stereocenters. The van der Waals surface area contributed by atoms with Gasteiger partial charge < -0.3 is 24.3 Å². The number of methoxy groups -OCH3 is 2. The van der Waals surface area contributed by atoms with E-state index in [-0.39, 0.29) is 5.69 Å². The monoisotopic (exact) mass is 481 g/mol. The first-order chi connectivity index (χ1) is 17.6. The summed E-state index contributed by atoms with van der Waals surface area (Å²) in [4.78, 5) is 15.3. The SMILES string of the molecule is COc1cccc(OC)c1-c1cccc2c(CCCOc3cccc4ccccc34)c(C(=O)O)[nH]c12. The zero-order chi connectivity index (χ0) is 25.1. The Morgan fingerprint density at radius 1 is 0.806 bits per heavy atom. The molecule has 5 rings (SSSR count). The van der Waals surface area contributed by atoms with E-state index in [1.807, 2.05) is 66.7 Å². The van der Waals surface area contributed by atoms with E-state index in [9.17, 15) is 9.90 Å². The Bertz CT molecular complexity index is 1520. The second-order valence-electron chi connectivity index (χ2n) is 8.48. The number of ether oxygens (including phenoxy) is 3. The maximum atomic E-state index is 12.2. The highest BCUT2D eigenvalue weighted by Crippen LogP contribution is 2.42. The molecule has 0 spiro atoms. The number of hydrogen-bond acceptors (Lipinski definition) is 4. The van der Waals surface area contributed by atoms with Crippen LogP contribution >= 0.6 is 0 Å². The Morgan fingerprint density at radius 3 is 2.19 bits per heavy atom. The predicted molar refractivity (Wildman–Crippen MR) is 142 cm³/mol. The van der Waals surface area contributed by atoms with E-state index in [2.05, 4.69) is 17.1 Å². The molecule has 0 saturated carbocycles. The van der Waals surface area contributed by atoms with Crippen LogP contribution in [0.5, 0.6) is 17.2 Å². The fourth-order valence-corrected chi connectivity index (χ4v) is 4.79. The van der Waals surface area contributed by atoms with E-state index >= 15 is 0 Å². The smallest absolute Gasteiger partial charge is 0.352 e. The van der Waals surface area contributed by atoms with Crippen LogP contribution in [0.25, 0.3) is 32.8 Å². The normalized spacial score (nSPS) is 11.1. The Hall–Kier alpha value is -4.45. The summed E-state index contributed by atoms with van der Waals surface area (Å²) in [6, 6.07) is 25.5. The van der Waals surface area contributed by atoms with Gasteiger partial charge in [0.1, 0.15) is 22.9 Å².